The molecule has 0 unspecified atom stereocenters. The topological polar surface area (TPSA) is 58.7 Å². The quantitative estimate of drug-likeness (QED) is 0.943. The summed E-state index contributed by atoms with van der Waals surface area (Å²) in [4.78, 5) is 18.2. The van der Waals surface area contributed by atoms with Crippen molar-refractivity contribution in [2.45, 2.75) is 19.4 Å². The largest absolute Gasteiger partial charge is 0.366 e. The van der Waals surface area contributed by atoms with Crippen molar-refractivity contribution in [3.8, 4) is 0 Å². The summed E-state index contributed by atoms with van der Waals surface area (Å²) in [5, 5.41) is 0. The van der Waals surface area contributed by atoms with Crippen LogP contribution in [0, 0.1) is 0 Å². The summed E-state index contributed by atoms with van der Waals surface area (Å²) in [6.07, 6.45) is 1.98. The van der Waals surface area contributed by atoms with Crippen molar-refractivity contribution in [3.63, 3.8) is 0 Å². The Morgan fingerprint density at radius 2 is 1.65 bits per heavy atom. The molecule has 1 fully saturated rings. The number of amides is 1. The van der Waals surface area contributed by atoms with Crippen LogP contribution in [0.2, 0.25) is 0 Å². The first-order valence-corrected chi connectivity index (χ1v) is 7.93. The Labute approximate surface area is 136 Å². The summed E-state index contributed by atoms with van der Waals surface area (Å²) in [5.41, 5.74) is 9.24. The zero-order valence-corrected chi connectivity index (χ0v) is 13.1. The molecule has 0 atom stereocenters. The number of carbonyl (C=O) groups is 1. The smallest absolute Gasteiger partial charge is 0.248 e. The van der Waals surface area contributed by atoms with E-state index in [-0.39, 0.29) is 0 Å². The second kappa shape index (κ2) is 7.20. The molecule has 0 aromatic heterocycles. The van der Waals surface area contributed by atoms with Crippen LogP contribution in [0.1, 0.15) is 28.8 Å². The fourth-order valence-corrected chi connectivity index (χ4v) is 2.81. The van der Waals surface area contributed by atoms with Crippen LogP contribution in [0.4, 0.5) is 5.69 Å². The predicted molar refractivity (Wildman–Crippen MR) is 93.0 cm³/mol. The SMILES string of the molecule is NC(=O)c1ccc(N=C2CCN(Cc3ccccc3)CC2)cc1. The van der Waals surface area contributed by atoms with Crippen molar-refractivity contribution in [2.24, 2.45) is 10.7 Å². The molecule has 0 bridgehead atoms. The summed E-state index contributed by atoms with van der Waals surface area (Å²) in [7, 11) is 0. The molecule has 4 heteroatoms. The van der Waals surface area contributed by atoms with Crippen molar-refractivity contribution in [3.05, 3.63) is 65.7 Å². The average molecular weight is 307 g/mol. The van der Waals surface area contributed by atoms with Crippen molar-refractivity contribution < 1.29 is 4.79 Å². The van der Waals surface area contributed by atoms with Crippen LogP contribution in [0.5, 0.6) is 0 Å². The van der Waals surface area contributed by atoms with Gasteiger partial charge in [-0.05, 0) is 42.7 Å². The highest BCUT2D eigenvalue weighted by Gasteiger charge is 2.15. The Bertz CT molecular complexity index is 682. The van der Waals surface area contributed by atoms with Crippen LogP contribution in [-0.2, 0) is 6.54 Å². The Kier molecular flexibility index (Phi) is 4.83. The lowest BCUT2D eigenvalue weighted by Gasteiger charge is -2.27. The minimum Gasteiger partial charge on any atom is -0.366 e. The van der Waals surface area contributed by atoms with Gasteiger partial charge in [-0.1, -0.05) is 30.3 Å². The van der Waals surface area contributed by atoms with E-state index in [0.29, 0.717) is 5.56 Å². The van der Waals surface area contributed by atoms with E-state index in [1.165, 1.54) is 11.3 Å². The third kappa shape index (κ3) is 4.27. The van der Waals surface area contributed by atoms with E-state index >= 15 is 0 Å². The highest BCUT2D eigenvalue weighted by atomic mass is 16.1. The number of primary amides is 1. The summed E-state index contributed by atoms with van der Waals surface area (Å²) >= 11 is 0. The van der Waals surface area contributed by atoms with Crippen molar-refractivity contribution >= 4 is 17.3 Å². The maximum Gasteiger partial charge on any atom is 0.248 e. The lowest BCUT2D eigenvalue weighted by Crippen LogP contribution is -2.33. The van der Waals surface area contributed by atoms with Gasteiger partial charge in [-0.2, -0.15) is 0 Å². The monoisotopic (exact) mass is 307 g/mol. The van der Waals surface area contributed by atoms with Gasteiger partial charge in [0.05, 0.1) is 5.69 Å². The molecule has 0 aliphatic carbocycles. The molecular formula is C19H21N3O. The third-order valence-electron chi connectivity index (χ3n) is 4.12. The van der Waals surface area contributed by atoms with Gasteiger partial charge in [0, 0.05) is 30.9 Å². The molecule has 2 N–H and O–H groups in total. The first-order chi connectivity index (χ1) is 11.2. The third-order valence-corrected chi connectivity index (χ3v) is 4.12. The number of benzene rings is 2. The van der Waals surface area contributed by atoms with Gasteiger partial charge in [0.25, 0.3) is 0 Å². The maximum atomic E-state index is 11.1. The average Bonchev–Trinajstić information content (AvgIpc) is 2.58. The highest BCUT2D eigenvalue weighted by molar-refractivity contribution is 5.93. The molecule has 1 saturated heterocycles. The molecule has 2 aromatic rings. The zero-order chi connectivity index (χ0) is 16.1. The molecule has 118 valence electrons. The normalized spacial score (nSPS) is 15.4. The van der Waals surface area contributed by atoms with E-state index in [2.05, 4.69) is 29.2 Å². The van der Waals surface area contributed by atoms with E-state index in [0.717, 1.165) is 38.2 Å². The summed E-state index contributed by atoms with van der Waals surface area (Å²) in [6, 6.07) is 17.7. The first kappa shape index (κ1) is 15.4. The lowest BCUT2D eigenvalue weighted by atomic mass is 10.1. The van der Waals surface area contributed by atoms with Crippen molar-refractivity contribution in [1.29, 1.82) is 0 Å². The van der Waals surface area contributed by atoms with Gasteiger partial charge in [0.15, 0.2) is 0 Å². The Morgan fingerprint density at radius 3 is 2.26 bits per heavy atom. The van der Waals surface area contributed by atoms with Crippen molar-refractivity contribution in [2.75, 3.05) is 13.1 Å². The van der Waals surface area contributed by atoms with Crippen LogP contribution in [-0.4, -0.2) is 29.6 Å². The van der Waals surface area contributed by atoms with E-state index in [1.807, 2.05) is 18.2 Å². The molecule has 3 rings (SSSR count). The number of hydrogen-bond acceptors (Lipinski definition) is 3. The van der Waals surface area contributed by atoms with Crippen molar-refractivity contribution in [1.82, 2.24) is 4.90 Å². The molecule has 1 aliphatic heterocycles. The van der Waals surface area contributed by atoms with Gasteiger partial charge in [-0.25, -0.2) is 0 Å². The van der Waals surface area contributed by atoms with E-state index in [1.54, 1.807) is 12.1 Å². The van der Waals surface area contributed by atoms with Gasteiger partial charge in [-0.15, -0.1) is 0 Å². The second-order valence-electron chi connectivity index (χ2n) is 5.85. The Hall–Kier alpha value is -2.46. The molecule has 0 radical (unpaired) electrons. The molecule has 23 heavy (non-hydrogen) atoms. The minimum absolute atomic E-state index is 0.404. The number of aliphatic imine (C=N–C) groups is 1. The fraction of sp³-hybridized carbons (Fsp3) is 0.263. The predicted octanol–water partition coefficient (Wildman–Crippen LogP) is 3.15. The van der Waals surface area contributed by atoms with Crippen LogP contribution >= 0.6 is 0 Å². The lowest BCUT2D eigenvalue weighted by molar-refractivity contribution is 0.100. The van der Waals surface area contributed by atoms with E-state index in [9.17, 15) is 4.79 Å². The highest BCUT2D eigenvalue weighted by Crippen LogP contribution is 2.18. The zero-order valence-electron chi connectivity index (χ0n) is 13.1. The number of nitrogens with zero attached hydrogens (tertiary/aromatic N) is 2. The molecule has 1 aliphatic rings. The number of likely N-dealkylation sites (tertiary alicyclic amines) is 1. The van der Waals surface area contributed by atoms with Gasteiger partial charge in [-0.3, -0.25) is 14.7 Å². The van der Waals surface area contributed by atoms with E-state index < -0.39 is 5.91 Å². The van der Waals surface area contributed by atoms with Gasteiger partial charge in [0.1, 0.15) is 0 Å². The Balaban J connectivity index is 1.56. The summed E-state index contributed by atoms with van der Waals surface area (Å²) < 4.78 is 0. The summed E-state index contributed by atoms with van der Waals surface area (Å²) in [6.45, 7) is 3.07. The Morgan fingerprint density at radius 1 is 1.00 bits per heavy atom. The van der Waals surface area contributed by atoms with Gasteiger partial charge >= 0.3 is 0 Å². The standard InChI is InChI=1S/C19H21N3O/c20-19(23)16-6-8-17(9-7-16)21-18-10-12-22(13-11-18)14-15-4-2-1-3-5-15/h1-9H,10-14H2,(H2,20,23). The maximum absolute atomic E-state index is 11.1. The molecule has 1 heterocycles. The molecule has 2 aromatic carbocycles. The second-order valence-corrected chi connectivity index (χ2v) is 5.85. The number of hydrogen-bond donors (Lipinski definition) is 1. The van der Waals surface area contributed by atoms with E-state index in [4.69, 9.17) is 10.7 Å². The molecule has 4 nitrogen and oxygen atoms in total. The van der Waals surface area contributed by atoms with Crippen LogP contribution < -0.4 is 5.73 Å². The number of rotatable bonds is 4. The fourth-order valence-electron chi connectivity index (χ4n) is 2.81. The molecule has 0 spiro atoms. The number of piperidine rings is 1. The van der Waals surface area contributed by atoms with Gasteiger partial charge < -0.3 is 5.73 Å². The number of nitrogens with two attached hydrogens (primary N) is 1. The minimum atomic E-state index is -0.404. The first-order valence-electron chi connectivity index (χ1n) is 7.93. The molecular weight excluding hydrogens is 286 g/mol. The van der Waals surface area contributed by atoms with Crippen LogP contribution in [0.15, 0.2) is 59.6 Å². The molecule has 0 saturated carbocycles. The van der Waals surface area contributed by atoms with Crippen LogP contribution in [0.25, 0.3) is 0 Å². The number of carbonyl (C=O) groups excluding carboxylic acids is 1. The van der Waals surface area contributed by atoms with Crippen LogP contribution in [0.3, 0.4) is 0 Å². The molecule has 1 amide bonds. The summed E-state index contributed by atoms with van der Waals surface area (Å²) in [5.74, 6) is -0.404. The van der Waals surface area contributed by atoms with Gasteiger partial charge in [0.2, 0.25) is 5.91 Å².